The molecule has 2 N–H and O–H groups in total. The van der Waals surface area contributed by atoms with Crippen LogP contribution < -0.4 is 10.5 Å². The van der Waals surface area contributed by atoms with Crippen molar-refractivity contribution < 1.29 is 4.74 Å². The van der Waals surface area contributed by atoms with E-state index in [1.165, 1.54) is 0 Å². The molecular weight excluding hydrogens is 268 g/mol. The van der Waals surface area contributed by atoms with Gasteiger partial charge in [0.05, 0.1) is 0 Å². The Morgan fingerprint density at radius 2 is 2.15 bits per heavy atom. The Balaban J connectivity index is 1.99. The molecule has 0 bridgehead atoms. The molecular formula is C16H16N2OS. The summed E-state index contributed by atoms with van der Waals surface area (Å²) in [5.41, 5.74) is 8.83. The van der Waals surface area contributed by atoms with Crippen molar-refractivity contribution in [1.82, 2.24) is 4.98 Å². The van der Waals surface area contributed by atoms with Gasteiger partial charge in [0.15, 0.2) is 0 Å². The summed E-state index contributed by atoms with van der Waals surface area (Å²) in [6.07, 6.45) is -0.130. The molecule has 0 radical (unpaired) electrons. The third-order valence-electron chi connectivity index (χ3n) is 3.22. The minimum absolute atomic E-state index is 0.130. The highest BCUT2D eigenvalue weighted by Gasteiger charge is 2.14. The molecule has 102 valence electrons. The molecule has 2 aromatic heterocycles. The summed E-state index contributed by atoms with van der Waals surface area (Å²) in [5, 5.41) is 5.18. The maximum absolute atomic E-state index is 6.10. The summed E-state index contributed by atoms with van der Waals surface area (Å²) < 4.78 is 6.10. The smallest absolute Gasteiger partial charge is 0.146 e. The average Bonchev–Trinajstić information content (AvgIpc) is 2.99. The molecule has 1 aromatic carbocycles. The molecule has 20 heavy (non-hydrogen) atoms. The van der Waals surface area contributed by atoms with Gasteiger partial charge in [-0.15, -0.1) is 0 Å². The van der Waals surface area contributed by atoms with Crippen LogP contribution in [0.1, 0.15) is 17.4 Å². The highest BCUT2D eigenvalue weighted by molar-refractivity contribution is 7.07. The first-order chi connectivity index (χ1) is 9.78. The van der Waals surface area contributed by atoms with Crippen molar-refractivity contribution in [2.24, 2.45) is 5.73 Å². The first kappa shape index (κ1) is 13.1. The molecule has 0 aliphatic heterocycles. The van der Waals surface area contributed by atoms with Crippen LogP contribution in [0.5, 0.6) is 5.75 Å². The number of pyridine rings is 1. The first-order valence-electron chi connectivity index (χ1n) is 6.53. The predicted octanol–water partition coefficient (Wildman–Crippen LogP) is 3.68. The maximum Gasteiger partial charge on any atom is 0.146 e. The molecule has 4 heteroatoms. The molecule has 2 heterocycles. The van der Waals surface area contributed by atoms with E-state index in [0.717, 1.165) is 27.9 Å². The van der Waals surface area contributed by atoms with Crippen LogP contribution in [0, 0.1) is 6.92 Å². The number of hydrogen-bond acceptors (Lipinski definition) is 4. The van der Waals surface area contributed by atoms with Gasteiger partial charge in [0.1, 0.15) is 17.4 Å². The van der Waals surface area contributed by atoms with Gasteiger partial charge in [0.25, 0.3) is 0 Å². The normalized spacial score (nSPS) is 12.5. The Morgan fingerprint density at radius 1 is 1.25 bits per heavy atom. The minimum atomic E-state index is -0.130. The lowest BCUT2D eigenvalue weighted by Crippen LogP contribution is -2.18. The number of aromatic nitrogens is 1. The Kier molecular flexibility index (Phi) is 3.67. The molecule has 1 atom stereocenters. The van der Waals surface area contributed by atoms with Gasteiger partial charge < -0.3 is 10.5 Å². The molecule has 0 amide bonds. The zero-order valence-corrected chi connectivity index (χ0v) is 12.1. The van der Waals surface area contributed by atoms with Gasteiger partial charge >= 0.3 is 0 Å². The molecule has 3 rings (SSSR count). The molecule has 0 spiro atoms. The van der Waals surface area contributed by atoms with E-state index in [1.807, 2.05) is 42.6 Å². The highest BCUT2D eigenvalue weighted by Crippen LogP contribution is 2.29. The minimum Gasteiger partial charge on any atom is -0.482 e. The summed E-state index contributed by atoms with van der Waals surface area (Å²) in [6, 6.07) is 12.1. The largest absolute Gasteiger partial charge is 0.482 e. The second-order valence-corrected chi connectivity index (χ2v) is 5.46. The number of ether oxygens (including phenoxy) is 1. The number of rotatable bonds is 4. The van der Waals surface area contributed by atoms with E-state index in [0.29, 0.717) is 6.54 Å². The van der Waals surface area contributed by atoms with Crippen LogP contribution in [0.2, 0.25) is 0 Å². The molecule has 0 aliphatic rings. The van der Waals surface area contributed by atoms with Crippen molar-refractivity contribution in [3.05, 3.63) is 58.4 Å². The standard InChI is InChI=1S/C16H16N2OS/c1-11-5-6-12-3-2-4-14(16(12)18-11)19-15(9-17)13-7-8-20-10-13/h2-8,10,15H,9,17H2,1H3. The fraction of sp³-hybridized carbons (Fsp3) is 0.188. The predicted molar refractivity (Wildman–Crippen MR) is 83.2 cm³/mol. The third kappa shape index (κ3) is 2.53. The first-order valence-corrected chi connectivity index (χ1v) is 7.47. The van der Waals surface area contributed by atoms with E-state index in [-0.39, 0.29) is 6.10 Å². The second-order valence-electron chi connectivity index (χ2n) is 4.68. The SMILES string of the molecule is Cc1ccc2cccc(OC(CN)c3ccsc3)c2n1. The fourth-order valence-electron chi connectivity index (χ4n) is 2.18. The molecule has 0 fully saturated rings. The van der Waals surface area contributed by atoms with Crippen molar-refractivity contribution in [2.45, 2.75) is 13.0 Å². The van der Waals surface area contributed by atoms with Gasteiger partial charge in [-0.2, -0.15) is 11.3 Å². The van der Waals surface area contributed by atoms with Crippen LogP contribution in [0.3, 0.4) is 0 Å². The number of hydrogen-bond donors (Lipinski definition) is 1. The number of nitrogens with zero attached hydrogens (tertiary/aromatic N) is 1. The van der Waals surface area contributed by atoms with Crippen molar-refractivity contribution in [1.29, 1.82) is 0 Å². The number of nitrogens with two attached hydrogens (primary N) is 1. The third-order valence-corrected chi connectivity index (χ3v) is 3.92. The summed E-state index contributed by atoms with van der Waals surface area (Å²) in [4.78, 5) is 4.58. The summed E-state index contributed by atoms with van der Waals surface area (Å²) in [6.45, 7) is 2.43. The Bertz CT molecular complexity index is 710. The maximum atomic E-state index is 6.10. The van der Waals surface area contributed by atoms with E-state index in [1.54, 1.807) is 11.3 Å². The molecule has 3 aromatic rings. The number of aryl methyl sites for hydroxylation is 1. The second kappa shape index (κ2) is 5.61. The van der Waals surface area contributed by atoms with Gasteiger partial charge in [-0.05, 0) is 35.9 Å². The van der Waals surface area contributed by atoms with Crippen LogP contribution in [-0.2, 0) is 0 Å². The number of para-hydroxylation sites is 1. The lowest BCUT2D eigenvalue weighted by molar-refractivity contribution is 0.217. The number of benzene rings is 1. The van der Waals surface area contributed by atoms with Crippen LogP contribution in [-0.4, -0.2) is 11.5 Å². The molecule has 0 saturated carbocycles. The Hall–Kier alpha value is -1.91. The van der Waals surface area contributed by atoms with Gasteiger partial charge in [0, 0.05) is 23.2 Å². The lowest BCUT2D eigenvalue weighted by Gasteiger charge is -2.17. The van der Waals surface area contributed by atoms with E-state index in [9.17, 15) is 0 Å². The van der Waals surface area contributed by atoms with Crippen molar-refractivity contribution in [2.75, 3.05) is 6.54 Å². The zero-order chi connectivity index (χ0) is 13.9. The zero-order valence-electron chi connectivity index (χ0n) is 11.2. The van der Waals surface area contributed by atoms with Gasteiger partial charge in [-0.1, -0.05) is 18.2 Å². The fourth-order valence-corrected chi connectivity index (χ4v) is 2.88. The van der Waals surface area contributed by atoms with Crippen molar-refractivity contribution in [3.63, 3.8) is 0 Å². The Morgan fingerprint density at radius 3 is 2.90 bits per heavy atom. The summed E-state index contributed by atoms with van der Waals surface area (Å²) in [5.74, 6) is 0.785. The van der Waals surface area contributed by atoms with Gasteiger partial charge in [-0.25, -0.2) is 4.98 Å². The number of thiophene rings is 1. The molecule has 3 nitrogen and oxygen atoms in total. The average molecular weight is 284 g/mol. The summed E-state index contributed by atoms with van der Waals surface area (Å²) >= 11 is 1.65. The number of fused-ring (bicyclic) bond motifs is 1. The van der Waals surface area contributed by atoms with E-state index in [4.69, 9.17) is 10.5 Å². The molecule has 1 unspecified atom stereocenters. The van der Waals surface area contributed by atoms with E-state index >= 15 is 0 Å². The van der Waals surface area contributed by atoms with Crippen LogP contribution >= 0.6 is 11.3 Å². The quantitative estimate of drug-likeness (QED) is 0.795. The van der Waals surface area contributed by atoms with E-state index < -0.39 is 0 Å². The molecule has 0 aliphatic carbocycles. The Labute approximate surface area is 122 Å². The monoisotopic (exact) mass is 284 g/mol. The summed E-state index contributed by atoms with van der Waals surface area (Å²) in [7, 11) is 0. The molecule has 0 saturated heterocycles. The van der Waals surface area contributed by atoms with Crippen LogP contribution in [0.15, 0.2) is 47.2 Å². The topological polar surface area (TPSA) is 48.1 Å². The van der Waals surface area contributed by atoms with E-state index in [2.05, 4.69) is 16.4 Å². The van der Waals surface area contributed by atoms with Crippen LogP contribution in [0.25, 0.3) is 10.9 Å². The highest BCUT2D eigenvalue weighted by atomic mass is 32.1. The van der Waals surface area contributed by atoms with Gasteiger partial charge in [-0.3, -0.25) is 0 Å². The van der Waals surface area contributed by atoms with Crippen molar-refractivity contribution in [3.8, 4) is 5.75 Å². The lowest BCUT2D eigenvalue weighted by atomic mass is 10.1. The van der Waals surface area contributed by atoms with Gasteiger partial charge in [0.2, 0.25) is 0 Å². The van der Waals surface area contributed by atoms with Crippen molar-refractivity contribution >= 4 is 22.2 Å². The van der Waals surface area contributed by atoms with Crippen LogP contribution in [0.4, 0.5) is 0 Å².